The number of aromatic nitrogens is 1. The first-order chi connectivity index (χ1) is 9.45. The number of amides is 2. The fourth-order valence-corrected chi connectivity index (χ4v) is 1.79. The number of urea groups is 1. The van der Waals surface area contributed by atoms with Crippen LogP contribution in [0.1, 0.15) is 17.0 Å². The van der Waals surface area contributed by atoms with Gasteiger partial charge in [0.05, 0.1) is 6.54 Å². The van der Waals surface area contributed by atoms with Crippen LogP contribution >= 0.6 is 0 Å². The molecular formula is C14H16FN3O2. The first-order valence-corrected chi connectivity index (χ1v) is 6.16. The summed E-state index contributed by atoms with van der Waals surface area (Å²) in [4.78, 5) is 13.5. The average molecular weight is 277 g/mol. The number of carbonyl (C=O) groups excluding carboxylic acids is 1. The molecule has 5 nitrogen and oxygen atoms in total. The number of anilines is 1. The van der Waals surface area contributed by atoms with E-state index >= 15 is 0 Å². The maximum Gasteiger partial charge on any atom is 0.321 e. The van der Waals surface area contributed by atoms with Crippen LogP contribution in [0.2, 0.25) is 0 Å². The standard InChI is InChI=1S/C14H16FN3O2/c1-9-6-11(15)4-5-13(9)16-14(19)18(3)8-12-7-10(2)20-17-12/h4-7H,8H2,1-3H3,(H,16,19). The Morgan fingerprint density at radius 1 is 1.40 bits per heavy atom. The fourth-order valence-electron chi connectivity index (χ4n) is 1.79. The predicted octanol–water partition coefficient (Wildman–Crippen LogP) is 3.09. The van der Waals surface area contributed by atoms with E-state index in [0.717, 1.165) is 0 Å². The largest absolute Gasteiger partial charge is 0.361 e. The lowest BCUT2D eigenvalue weighted by molar-refractivity contribution is 0.219. The summed E-state index contributed by atoms with van der Waals surface area (Å²) in [7, 11) is 1.65. The van der Waals surface area contributed by atoms with Crippen molar-refractivity contribution < 1.29 is 13.7 Å². The van der Waals surface area contributed by atoms with E-state index in [-0.39, 0.29) is 11.8 Å². The van der Waals surface area contributed by atoms with Gasteiger partial charge in [-0.3, -0.25) is 0 Å². The van der Waals surface area contributed by atoms with Crippen molar-refractivity contribution in [2.75, 3.05) is 12.4 Å². The molecule has 1 heterocycles. The Morgan fingerprint density at radius 3 is 2.75 bits per heavy atom. The molecule has 1 aromatic heterocycles. The van der Waals surface area contributed by atoms with Gasteiger partial charge in [-0.25, -0.2) is 9.18 Å². The van der Waals surface area contributed by atoms with Crippen LogP contribution < -0.4 is 5.32 Å². The summed E-state index contributed by atoms with van der Waals surface area (Å²) < 4.78 is 17.9. The molecule has 6 heteroatoms. The lowest BCUT2D eigenvalue weighted by Crippen LogP contribution is -2.31. The maximum atomic E-state index is 13.0. The monoisotopic (exact) mass is 277 g/mol. The number of nitrogens with one attached hydrogen (secondary N) is 1. The third kappa shape index (κ3) is 3.34. The first-order valence-electron chi connectivity index (χ1n) is 6.16. The number of rotatable bonds is 3. The molecule has 0 unspecified atom stereocenters. The predicted molar refractivity (Wildman–Crippen MR) is 72.9 cm³/mol. The van der Waals surface area contributed by atoms with E-state index < -0.39 is 0 Å². The second-order valence-corrected chi connectivity index (χ2v) is 4.67. The molecule has 0 bridgehead atoms. The van der Waals surface area contributed by atoms with Gasteiger partial charge in [-0.05, 0) is 37.6 Å². The van der Waals surface area contributed by atoms with Crippen molar-refractivity contribution in [3.8, 4) is 0 Å². The van der Waals surface area contributed by atoms with Crippen molar-refractivity contribution in [2.24, 2.45) is 0 Å². The van der Waals surface area contributed by atoms with Gasteiger partial charge in [0.1, 0.15) is 17.3 Å². The van der Waals surface area contributed by atoms with Gasteiger partial charge in [-0.15, -0.1) is 0 Å². The highest BCUT2D eigenvalue weighted by Crippen LogP contribution is 2.16. The molecular weight excluding hydrogens is 261 g/mol. The normalized spacial score (nSPS) is 10.4. The molecule has 0 aliphatic rings. The molecule has 2 aromatic rings. The van der Waals surface area contributed by atoms with Crippen molar-refractivity contribution in [1.29, 1.82) is 0 Å². The molecule has 0 aliphatic carbocycles. The lowest BCUT2D eigenvalue weighted by atomic mass is 10.2. The Balaban J connectivity index is 2.00. The molecule has 106 valence electrons. The maximum absolute atomic E-state index is 13.0. The molecule has 0 radical (unpaired) electrons. The molecule has 20 heavy (non-hydrogen) atoms. The number of hydrogen-bond acceptors (Lipinski definition) is 3. The zero-order chi connectivity index (χ0) is 14.7. The van der Waals surface area contributed by atoms with Gasteiger partial charge in [-0.2, -0.15) is 0 Å². The van der Waals surface area contributed by atoms with Crippen LogP contribution in [-0.2, 0) is 6.54 Å². The summed E-state index contributed by atoms with van der Waals surface area (Å²) >= 11 is 0. The van der Waals surface area contributed by atoms with Crippen molar-refractivity contribution >= 4 is 11.7 Å². The van der Waals surface area contributed by atoms with Gasteiger partial charge in [-0.1, -0.05) is 5.16 Å². The summed E-state index contributed by atoms with van der Waals surface area (Å²) in [6.07, 6.45) is 0. The van der Waals surface area contributed by atoms with Crippen LogP contribution in [0.3, 0.4) is 0 Å². The SMILES string of the molecule is Cc1cc(CN(C)C(=O)Nc2ccc(F)cc2C)no1. The zero-order valence-electron chi connectivity index (χ0n) is 11.6. The summed E-state index contributed by atoms with van der Waals surface area (Å²) in [5.41, 5.74) is 1.93. The van der Waals surface area contributed by atoms with Crippen LogP contribution in [0, 0.1) is 19.7 Å². The van der Waals surface area contributed by atoms with E-state index in [0.29, 0.717) is 29.2 Å². The van der Waals surface area contributed by atoms with E-state index in [1.54, 1.807) is 27.0 Å². The van der Waals surface area contributed by atoms with Gasteiger partial charge in [0.2, 0.25) is 0 Å². The third-order valence-electron chi connectivity index (χ3n) is 2.85. The van der Waals surface area contributed by atoms with Crippen LogP contribution in [-0.4, -0.2) is 23.1 Å². The minimum Gasteiger partial charge on any atom is -0.361 e. The number of nitrogens with zero attached hydrogens (tertiary/aromatic N) is 2. The van der Waals surface area contributed by atoms with Gasteiger partial charge in [0.15, 0.2) is 0 Å². The number of halogens is 1. The van der Waals surface area contributed by atoms with Gasteiger partial charge in [0, 0.05) is 18.8 Å². The molecule has 1 N–H and O–H groups in total. The Kier molecular flexibility index (Phi) is 4.02. The lowest BCUT2D eigenvalue weighted by Gasteiger charge is -2.17. The van der Waals surface area contributed by atoms with Crippen LogP contribution in [0.4, 0.5) is 14.9 Å². The van der Waals surface area contributed by atoms with Crippen molar-refractivity contribution in [2.45, 2.75) is 20.4 Å². The second-order valence-electron chi connectivity index (χ2n) is 4.67. The Labute approximate surface area is 116 Å². The Morgan fingerprint density at radius 2 is 2.15 bits per heavy atom. The molecule has 2 amide bonds. The first kappa shape index (κ1) is 14.0. The number of benzene rings is 1. The zero-order valence-corrected chi connectivity index (χ0v) is 11.6. The number of hydrogen-bond donors (Lipinski definition) is 1. The van der Waals surface area contributed by atoms with Gasteiger partial charge < -0.3 is 14.7 Å². The summed E-state index contributed by atoms with van der Waals surface area (Å²) in [5, 5.41) is 6.55. The topological polar surface area (TPSA) is 58.4 Å². The van der Waals surface area contributed by atoms with Crippen molar-refractivity contribution in [1.82, 2.24) is 10.1 Å². The highest BCUT2D eigenvalue weighted by Gasteiger charge is 2.12. The van der Waals surface area contributed by atoms with E-state index in [4.69, 9.17) is 4.52 Å². The minimum absolute atomic E-state index is 0.291. The molecule has 0 saturated heterocycles. The van der Waals surface area contributed by atoms with Crippen molar-refractivity contribution in [3.63, 3.8) is 0 Å². The average Bonchev–Trinajstić information content (AvgIpc) is 2.78. The molecule has 0 fully saturated rings. The molecule has 0 atom stereocenters. The summed E-state index contributed by atoms with van der Waals surface area (Å²) in [6.45, 7) is 3.86. The highest BCUT2D eigenvalue weighted by atomic mass is 19.1. The van der Waals surface area contributed by atoms with E-state index in [9.17, 15) is 9.18 Å². The molecule has 0 spiro atoms. The third-order valence-corrected chi connectivity index (χ3v) is 2.85. The number of aryl methyl sites for hydroxylation is 2. The molecule has 1 aromatic carbocycles. The van der Waals surface area contributed by atoms with Crippen LogP contribution in [0.15, 0.2) is 28.8 Å². The summed E-state index contributed by atoms with van der Waals surface area (Å²) in [6, 6.07) is 5.70. The van der Waals surface area contributed by atoms with Gasteiger partial charge in [0.25, 0.3) is 0 Å². The van der Waals surface area contributed by atoms with Crippen LogP contribution in [0.25, 0.3) is 0 Å². The quantitative estimate of drug-likeness (QED) is 0.937. The van der Waals surface area contributed by atoms with E-state index in [2.05, 4.69) is 10.5 Å². The van der Waals surface area contributed by atoms with E-state index in [1.807, 2.05) is 0 Å². The fraction of sp³-hybridized carbons (Fsp3) is 0.286. The minimum atomic E-state index is -0.327. The smallest absolute Gasteiger partial charge is 0.321 e. The van der Waals surface area contributed by atoms with E-state index in [1.165, 1.54) is 23.1 Å². The van der Waals surface area contributed by atoms with Crippen LogP contribution in [0.5, 0.6) is 0 Å². The molecule has 2 rings (SSSR count). The molecule has 0 saturated carbocycles. The second kappa shape index (κ2) is 5.73. The number of carbonyl (C=O) groups is 1. The molecule has 0 aliphatic heterocycles. The summed E-state index contributed by atoms with van der Waals surface area (Å²) in [5.74, 6) is 0.370. The Bertz CT molecular complexity index is 625. The highest BCUT2D eigenvalue weighted by molar-refractivity contribution is 5.89. The van der Waals surface area contributed by atoms with Gasteiger partial charge >= 0.3 is 6.03 Å². The Hall–Kier alpha value is -2.37. The van der Waals surface area contributed by atoms with Crippen molar-refractivity contribution in [3.05, 3.63) is 47.1 Å².